The van der Waals surface area contributed by atoms with Gasteiger partial charge >= 0.3 is 11.9 Å². The minimum Gasteiger partial charge on any atom is -0.481 e. The number of H-pyrrole nitrogens is 2. The highest BCUT2D eigenvalue weighted by Gasteiger charge is 2.21. The molecule has 0 radical (unpaired) electrons. The third kappa shape index (κ3) is 11.7. The van der Waals surface area contributed by atoms with E-state index in [1.807, 2.05) is 26.0 Å². The van der Waals surface area contributed by atoms with Crippen molar-refractivity contribution >= 4 is 68.1 Å². The fourth-order valence-electron chi connectivity index (χ4n) is 6.84. The summed E-state index contributed by atoms with van der Waals surface area (Å²) in [5.74, 6) is -2.30. The van der Waals surface area contributed by atoms with Gasteiger partial charge in [0.15, 0.2) is 0 Å². The number of carbonyl (C=O) groups is 4. The molecule has 14 nitrogen and oxygen atoms in total. The number of hydrogen-bond donors (Lipinski definition) is 6. The number of carboxylic acid groups (broad SMARTS) is 2. The van der Waals surface area contributed by atoms with Gasteiger partial charge in [-0.2, -0.15) is 0 Å². The SMILES string of the molecule is CCC1=C(C)c2cc3[nH]c(cc4nc(cc5[nH]c(cc1n2)c(C)c5CCC(=O)O)C(CCC(=O)O)=C4C)c(C)c3CC.CN(C)CC(N)=O.CN(C)CC(N)=O. The average Bonchev–Trinajstić information content (AvgIpc) is 3.74. The first-order valence-corrected chi connectivity index (χ1v) is 18.7. The maximum absolute atomic E-state index is 11.5. The number of carboxylic acids is 2. The molecular weight excluding hydrogens is 713 g/mol. The van der Waals surface area contributed by atoms with E-state index in [2.05, 4.69) is 49.8 Å². The van der Waals surface area contributed by atoms with Gasteiger partial charge in [-0.05, 0) is 150 Å². The molecule has 0 saturated heterocycles. The van der Waals surface area contributed by atoms with E-state index in [9.17, 15) is 29.4 Å². The Morgan fingerprint density at radius 2 is 0.982 bits per heavy atom. The monoisotopic (exact) mass is 770 g/mol. The lowest BCUT2D eigenvalue weighted by molar-refractivity contribution is -0.137. The van der Waals surface area contributed by atoms with Gasteiger partial charge in [0.25, 0.3) is 0 Å². The van der Waals surface area contributed by atoms with Crippen LogP contribution < -0.4 is 11.5 Å². The second kappa shape index (κ2) is 19.8. The number of nitrogens with two attached hydrogens (primary N) is 2. The Labute approximate surface area is 328 Å². The number of allylic oxidation sites excluding steroid dienone is 4. The molecule has 2 amide bonds. The summed E-state index contributed by atoms with van der Waals surface area (Å²) in [6, 6.07) is 8.19. The molecule has 8 bridgehead atoms. The van der Waals surface area contributed by atoms with Gasteiger partial charge < -0.3 is 41.4 Å². The summed E-state index contributed by atoms with van der Waals surface area (Å²) in [5.41, 5.74) is 25.0. The highest BCUT2D eigenvalue weighted by molar-refractivity contribution is 5.95. The molecule has 5 heterocycles. The number of nitrogens with one attached hydrogen (secondary N) is 2. The highest BCUT2D eigenvalue weighted by Crippen LogP contribution is 2.37. The number of aliphatic carboxylic acids is 2. The first-order chi connectivity index (χ1) is 26.3. The first kappa shape index (κ1) is 44.8. The number of nitrogens with zero attached hydrogens (tertiary/aromatic N) is 4. The fourth-order valence-corrected chi connectivity index (χ4v) is 6.84. The zero-order valence-corrected chi connectivity index (χ0v) is 34.4. The first-order valence-electron chi connectivity index (χ1n) is 18.7. The molecule has 8 N–H and O–H groups in total. The lowest BCUT2D eigenvalue weighted by Gasteiger charge is -2.03. The maximum atomic E-state index is 11.5. The summed E-state index contributed by atoms with van der Waals surface area (Å²) in [6.07, 6.45) is 2.39. The van der Waals surface area contributed by atoms with Crippen LogP contribution in [0, 0.1) is 13.8 Å². The number of hydrogen-bond acceptors (Lipinski definition) is 8. The Morgan fingerprint density at radius 1 is 0.589 bits per heavy atom. The second-order valence-electron chi connectivity index (χ2n) is 14.6. The van der Waals surface area contributed by atoms with Crippen LogP contribution in [0.3, 0.4) is 0 Å². The van der Waals surface area contributed by atoms with Crippen molar-refractivity contribution < 1.29 is 29.4 Å². The Kier molecular flexibility index (Phi) is 15.9. The van der Waals surface area contributed by atoms with E-state index in [0.717, 1.165) is 85.4 Å². The number of aryl methyl sites for hydroxylation is 4. The standard InChI is InChI=1S/C34H38N4O4.2C4H10N2O/c1-7-21-17(3)25-13-26-19(5)23(9-11-33(39)40)31(37-26)16-32-24(10-12-34(41)42)20(6)28(38-32)15-30-22(8-2)18(4)27(36-30)14-29(21)35-25;2*1-6(2)3-4(5)7/h13-16,35,38H,7-12H2,1-6H3,(H,39,40)(H,41,42);2*3H2,1-2H3,(H2,5,7). The minimum atomic E-state index is -0.864. The summed E-state index contributed by atoms with van der Waals surface area (Å²) in [5, 5.41) is 18.9. The van der Waals surface area contributed by atoms with E-state index >= 15 is 0 Å². The van der Waals surface area contributed by atoms with Crippen LogP contribution >= 0.6 is 0 Å². The minimum absolute atomic E-state index is 0.00162. The Balaban J connectivity index is 0.000000512. The molecule has 14 heteroatoms. The van der Waals surface area contributed by atoms with Gasteiger partial charge in [0.2, 0.25) is 11.8 Å². The maximum Gasteiger partial charge on any atom is 0.303 e. The van der Waals surface area contributed by atoms with Crippen LogP contribution in [-0.2, 0) is 32.0 Å². The highest BCUT2D eigenvalue weighted by atomic mass is 16.4. The fraction of sp³-hybridized carbons (Fsp3) is 0.429. The van der Waals surface area contributed by atoms with Crippen molar-refractivity contribution in [3.63, 3.8) is 0 Å². The summed E-state index contributed by atoms with van der Waals surface area (Å²) >= 11 is 0. The number of rotatable bonds is 12. The quantitative estimate of drug-likeness (QED) is 0.131. The van der Waals surface area contributed by atoms with Gasteiger partial charge in [-0.25, -0.2) is 9.97 Å². The van der Waals surface area contributed by atoms with E-state index in [4.69, 9.17) is 21.4 Å². The number of aromatic amines is 2. The number of fused-ring (bicyclic) bond motifs is 8. The van der Waals surface area contributed by atoms with Crippen LogP contribution in [-0.4, -0.2) is 105 Å². The second-order valence-corrected chi connectivity index (χ2v) is 14.6. The zero-order valence-electron chi connectivity index (χ0n) is 34.4. The Hall–Kier alpha value is -5.60. The van der Waals surface area contributed by atoms with Gasteiger partial charge in [0.05, 0.1) is 35.9 Å². The van der Waals surface area contributed by atoms with Crippen LogP contribution in [0.2, 0.25) is 0 Å². The van der Waals surface area contributed by atoms with Crippen LogP contribution in [0.5, 0.6) is 0 Å². The third-order valence-corrected chi connectivity index (χ3v) is 9.63. The number of likely N-dealkylation sites (N-methyl/N-ethyl adjacent to an activating group) is 2. The van der Waals surface area contributed by atoms with Crippen molar-refractivity contribution in [2.75, 3.05) is 41.3 Å². The molecule has 0 aliphatic carbocycles. The largest absolute Gasteiger partial charge is 0.481 e. The van der Waals surface area contributed by atoms with Gasteiger partial charge in [0, 0.05) is 34.9 Å². The molecule has 0 saturated carbocycles. The van der Waals surface area contributed by atoms with Gasteiger partial charge in [-0.15, -0.1) is 0 Å². The van der Waals surface area contributed by atoms with Gasteiger partial charge in [-0.3, -0.25) is 19.2 Å². The molecule has 3 aromatic rings. The van der Waals surface area contributed by atoms with Crippen molar-refractivity contribution in [2.45, 2.75) is 80.1 Å². The normalized spacial score (nSPS) is 12.4. The number of primary amides is 2. The van der Waals surface area contributed by atoms with Crippen LogP contribution in [0.4, 0.5) is 0 Å². The predicted molar refractivity (Wildman–Crippen MR) is 223 cm³/mol. The molecule has 0 atom stereocenters. The van der Waals surface area contributed by atoms with E-state index in [1.165, 1.54) is 11.1 Å². The van der Waals surface area contributed by atoms with Gasteiger partial charge in [0.1, 0.15) is 0 Å². The molecule has 0 fully saturated rings. The molecule has 0 unspecified atom stereocenters. The van der Waals surface area contributed by atoms with Crippen molar-refractivity contribution in [1.82, 2.24) is 29.7 Å². The molecule has 3 aromatic heterocycles. The molecular formula is C42H58N8O6. The molecule has 0 aromatic carbocycles. The molecule has 302 valence electrons. The summed E-state index contributed by atoms with van der Waals surface area (Å²) in [7, 11) is 7.19. The topological polar surface area (TPSA) is 225 Å². The van der Waals surface area contributed by atoms with Crippen molar-refractivity contribution in [1.29, 1.82) is 0 Å². The summed E-state index contributed by atoms with van der Waals surface area (Å²) in [4.78, 5) is 63.8. The lowest BCUT2D eigenvalue weighted by atomic mass is 10.00. The van der Waals surface area contributed by atoms with Crippen LogP contribution in [0.25, 0.3) is 44.4 Å². The molecule has 5 rings (SSSR count). The molecule has 2 aliphatic heterocycles. The molecule has 56 heavy (non-hydrogen) atoms. The Bertz CT molecular complexity index is 2190. The molecule has 2 aliphatic rings. The number of aromatic nitrogens is 4. The van der Waals surface area contributed by atoms with E-state index in [-0.39, 0.29) is 24.7 Å². The van der Waals surface area contributed by atoms with E-state index in [0.29, 0.717) is 31.6 Å². The van der Waals surface area contributed by atoms with Crippen molar-refractivity contribution in [3.05, 3.63) is 69.3 Å². The average molecular weight is 771 g/mol. The van der Waals surface area contributed by atoms with Crippen LogP contribution in [0.15, 0.2) is 24.3 Å². The number of carbonyl (C=O) groups excluding carboxylic acids is 2. The van der Waals surface area contributed by atoms with Crippen LogP contribution in [0.1, 0.15) is 98.4 Å². The van der Waals surface area contributed by atoms with E-state index in [1.54, 1.807) is 38.0 Å². The zero-order chi connectivity index (χ0) is 42.0. The number of amides is 2. The summed E-state index contributed by atoms with van der Waals surface area (Å²) < 4.78 is 0. The van der Waals surface area contributed by atoms with Gasteiger partial charge in [-0.1, -0.05) is 13.8 Å². The van der Waals surface area contributed by atoms with Crippen molar-refractivity contribution in [2.24, 2.45) is 11.5 Å². The predicted octanol–water partition coefficient (Wildman–Crippen LogP) is 5.71. The Morgan fingerprint density at radius 3 is 1.41 bits per heavy atom. The van der Waals surface area contributed by atoms with E-state index < -0.39 is 11.9 Å². The summed E-state index contributed by atoms with van der Waals surface area (Å²) in [6.45, 7) is 13.2. The third-order valence-electron chi connectivity index (χ3n) is 9.63. The smallest absolute Gasteiger partial charge is 0.303 e. The molecule has 0 spiro atoms. The van der Waals surface area contributed by atoms with Crippen molar-refractivity contribution in [3.8, 4) is 0 Å². The lowest BCUT2D eigenvalue weighted by Crippen LogP contribution is -2.27.